The van der Waals surface area contributed by atoms with Gasteiger partial charge in [0.2, 0.25) is 11.8 Å². The van der Waals surface area contributed by atoms with Gasteiger partial charge in [0.05, 0.1) is 30.1 Å². The van der Waals surface area contributed by atoms with Crippen LogP contribution in [0.4, 0.5) is 5.69 Å². The highest BCUT2D eigenvalue weighted by Crippen LogP contribution is 2.64. The Bertz CT molecular complexity index is 1140. The molecule has 8 nitrogen and oxygen atoms in total. The summed E-state index contributed by atoms with van der Waals surface area (Å²) in [7, 11) is 1.69. The molecule has 6 atom stereocenters. The second kappa shape index (κ2) is 11.1. The Labute approximate surface area is 236 Å². The molecule has 212 valence electrons. The van der Waals surface area contributed by atoms with E-state index in [1.165, 1.54) is 4.90 Å². The molecule has 0 aromatic heterocycles. The van der Waals surface area contributed by atoms with E-state index in [9.17, 15) is 19.5 Å². The number of ether oxygens (including phenoxy) is 1. The van der Waals surface area contributed by atoms with E-state index >= 15 is 0 Å². The van der Waals surface area contributed by atoms with Crippen LogP contribution >= 0.6 is 11.6 Å². The fourth-order valence-corrected chi connectivity index (χ4v) is 7.10. The molecule has 3 heterocycles. The molecule has 3 fully saturated rings. The molecule has 2 bridgehead atoms. The molecular formula is C30H40ClN3O5. The Balaban J connectivity index is 1.85. The van der Waals surface area contributed by atoms with Crippen molar-refractivity contribution in [3.8, 4) is 0 Å². The van der Waals surface area contributed by atoms with Crippen LogP contribution in [0.15, 0.2) is 49.6 Å². The number of carbonyl (C=O) groups is 3. The van der Waals surface area contributed by atoms with Gasteiger partial charge in [-0.2, -0.15) is 0 Å². The number of rotatable bonds is 11. The number of nitrogens with zero attached hydrogens (tertiary/aromatic N) is 3. The van der Waals surface area contributed by atoms with E-state index in [1.807, 2.05) is 20.8 Å². The number of aliphatic hydroxyl groups is 1. The number of hydrogen-bond acceptors (Lipinski definition) is 5. The van der Waals surface area contributed by atoms with Gasteiger partial charge in [0.1, 0.15) is 11.6 Å². The smallest absolute Gasteiger partial charge is 0.253 e. The Morgan fingerprint density at radius 2 is 1.82 bits per heavy atom. The Kier molecular flexibility index (Phi) is 8.31. The van der Waals surface area contributed by atoms with Gasteiger partial charge in [-0.05, 0) is 56.4 Å². The average molecular weight is 558 g/mol. The maximum Gasteiger partial charge on any atom is 0.253 e. The van der Waals surface area contributed by atoms with Crippen LogP contribution in [-0.2, 0) is 19.1 Å². The third-order valence-corrected chi connectivity index (χ3v) is 8.81. The van der Waals surface area contributed by atoms with Crippen LogP contribution in [0.25, 0.3) is 0 Å². The molecule has 1 aromatic rings. The molecule has 9 heteroatoms. The number of hydrogen-bond donors (Lipinski definition) is 1. The number of fused-ring (bicyclic) bond motifs is 1. The lowest BCUT2D eigenvalue weighted by atomic mass is 9.66. The molecule has 2 unspecified atom stereocenters. The van der Waals surface area contributed by atoms with Crippen LogP contribution in [0.1, 0.15) is 40.0 Å². The van der Waals surface area contributed by atoms with E-state index in [2.05, 4.69) is 13.2 Å². The largest absolute Gasteiger partial charge is 0.394 e. The van der Waals surface area contributed by atoms with Crippen molar-refractivity contribution in [2.75, 3.05) is 31.6 Å². The van der Waals surface area contributed by atoms with Crippen molar-refractivity contribution < 1.29 is 24.2 Å². The van der Waals surface area contributed by atoms with Gasteiger partial charge in [-0.15, -0.1) is 13.2 Å². The summed E-state index contributed by atoms with van der Waals surface area (Å²) in [5.74, 6) is -2.25. The van der Waals surface area contributed by atoms with Gasteiger partial charge in [-0.3, -0.25) is 14.4 Å². The predicted octanol–water partition coefficient (Wildman–Crippen LogP) is 3.68. The summed E-state index contributed by atoms with van der Waals surface area (Å²) in [6.07, 6.45) is 4.78. The molecule has 1 N–H and O–H groups in total. The quantitative estimate of drug-likeness (QED) is 0.419. The van der Waals surface area contributed by atoms with E-state index in [1.54, 1.807) is 53.3 Å². The van der Waals surface area contributed by atoms with Gasteiger partial charge in [0.25, 0.3) is 5.91 Å². The molecule has 39 heavy (non-hydrogen) atoms. The minimum atomic E-state index is -1.19. The highest BCUT2D eigenvalue weighted by Gasteiger charge is 2.78. The lowest BCUT2D eigenvalue weighted by molar-refractivity contribution is -0.151. The van der Waals surface area contributed by atoms with Gasteiger partial charge in [0.15, 0.2) is 0 Å². The maximum absolute atomic E-state index is 14.6. The molecule has 0 radical (unpaired) electrons. The topological polar surface area (TPSA) is 90.4 Å². The number of likely N-dealkylation sites (tertiary alicyclic amines) is 1. The van der Waals surface area contributed by atoms with E-state index in [0.29, 0.717) is 36.5 Å². The summed E-state index contributed by atoms with van der Waals surface area (Å²) in [6.45, 7) is 13.7. The Morgan fingerprint density at radius 1 is 1.18 bits per heavy atom. The van der Waals surface area contributed by atoms with Crippen molar-refractivity contribution in [1.29, 1.82) is 0 Å². The molecule has 1 aromatic carbocycles. The monoisotopic (exact) mass is 557 g/mol. The molecule has 4 rings (SSSR count). The number of halogens is 1. The summed E-state index contributed by atoms with van der Waals surface area (Å²) >= 11 is 6.12. The van der Waals surface area contributed by atoms with E-state index < -0.39 is 35.1 Å². The van der Waals surface area contributed by atoms with Crippen molar-refractivity contribution in [2.45, 2.75) is 63.3 Å². The van der Waals surface area contributed by atoms with E-state index in [-0.39, 0.29) is 36.8 Å². The molecule has 3 aliphatic rings. The van der Waals surface area contributed by atoms with Gasteiger partial charge >= 0.3 is 0 Å². The summed E-state index contributed by atoms with van der Waals surface area (Å²) in [5, 5.41) is 11.0. The SMILES string of the molecule is C=CCN(C)C(=O)[C@@H]1[C@H]2C(=O)N([C@@H](CO)CC(C)C)C(C(=O)N(CC=C)c3ccc(Cl)cc3)C23CC[C@@]1(C)O3. The van der Waals surface area contributed by atoms with Crippen LogP contribution in [0, 0.1) is 17.8 Å². The number of aliphatic hydroxyl groups excluding tert-OH is 1. The number of anilines is 1. The molecule has 3 saturated heterocycles. The molecule has 3 amide bonds. The van der Waals surface area contributed by atoms with Crippen molar-refractivity contribution >= 4 is 35.0 Å². The number of carbonyl (C=O) groups excluding carboxylic acids is 3. The minimum Gasteiger partial charge on any atom is -0.394 e. The molecular weight excluding hydrogens is 518 g/mol. The maximum atomic E-state index is 14.6. The van der Waals surface area contributed by atoms with Crippen molar-refractivity contribution in [3.05, 3.63) is 54.6 Å². The first-order valence-electron chi connectivity index (χ1n) is 13.6. The van der Waals surface area contributed by atoms with Crippen molar-refractivity contribution in [1.82, 2.24) is 9.80 Å². The standard InChI is InChI=1S/C30H40ClN3O5/c1-7-15-32(6)26(36)23-24-27(37)34(22(18-35)17-19(3)4)25(30(24)14-13-29(23,5)39-30)28(38)33(16-8-2)21-11-9-20(31)10-12-21/h7-12,19,22-25,35H,1-2,13-18H2,3-6H3/t22-,23+,24+,25?,29-,30?/m1/s1. The summed E-state index contributed by atoms with van der Waals surface area (Å²) in [4.78, 5) is 47.4. The third-order valence-electron chi connectivity index (χ3n) is 8.56. The Hall–Kier alpha value is -2.68. The highest BCUT2D eigenvalue weighted by molar-refractivity contribution is 6.30. The second-order valence-corrected chi connectivity index (χ2v) is 12.1. The number of benzene rings is 1. The van der Waals surface area contributed by atoms with Gasteiger partial charge < -0.3 is 24.5 Å². The first-order valence-corrected chi connectivity index (χ1v) is 14.0. The zero-order valence-electron chi connectivity index (χ0n) is 23.3. The number of likely N-dealkylation sites (N-methyl/N-ethyl adjacent to an activating group) is 1. The zero-order chi connectivity index (χ0) is 28.7. The van der Waals surface area contributed by atoms with E-state index in [0.717, 1.165) is 0 Å². The van der Waals surface area contributed by atoms with Crippen LogP contribution in [0.5, 0.6) is 0 Å². The predicted molar refractivity (Wildman–Crippen MR) is 151 cm³/mol. The first kappa shape index (κ1) is 29.3. The van der Waals surface area contributed by atoms with Crippen molar-refractivity contribution in [2.24, 2.45) is 17.8 Å². The van der Waals surface area contributed by atoms with Crippen LogP contribution in [0.2, 0.25) is 5.02 Å². The summed E-state index contributed by atoms with van der Waals surface area (Å²) in [5.41, 5.74) is -1.46. The third kappa shape index (κ3) is 4.81. The number of amides is 3. The van der Waals surface area contributed by atoms with E-state index in [4.69, 9.17) is 16.3 Å². The van der Waals surface area contributed by atoms with Crippen LogP contribution in [-0.4, -0.2) is 82.7 Å². The molecule has 3 aliphatic heterocycles. The highest BCUT2D eigenvalue weighted by atomic mass is 35.5. The summed E-state index contributed by atoms with van der Waals surface area (Å²) in [6, 6.07) is 5.31. The normalized spacial score (nSPS) is 29.9. The lowest BCUT2D eigenvalue weighted by Crippen LogP contribution is -2.59. The molecule has 0 saturated carbocycles. The molecule has 1 spiro atoms. The first-order chi connectivity index (χ1) is 18.5. The average Bonchev–Trinajstić information content (AvgIpc) is 3.46. The lowest BCUT2D eigenvalue weighted by Gasteiger charge is -2.40. The Morgan fingerprint density at radius 3 is 2.38 bits per heavy atom. The van der Waals surface area contributed by atoms with Crippen LogP contribution < -0.4 is 4.90 Å². The van der Waals surface area contributed by atoms with Gasteiger partial charge in [-0.25, -0.2) is 0 Å². The zero-order valence-corrected chi connectivity index (χ0v) is 24.1. The van der Waals surface area contributed by atoms with Gasteiger partial charge in [-0.1, -0.05) is 37.6 Å². The fraction of sp³-hybridized carbons (Fsp3) is 0.567. The van der Waals surface area contributed by atoms with Crippen molar-refractivity contribution in [3.63, 3.8) is 0 Å². The van der Waals surface area contributed by atoms with Crippen LogP contribution in [0.3, 0.4) is 0 Å². The molecule has 0 aliphatic carbocycles. The minimum absolute atomic E-state index is 0.162. The van der Waals surface area contributed by atoms with Gasteiger partial charge in [0, 0.05) is 30.8 Å². The summed E-state index contributed by atoms with van der Waals surface area (Å²) < 4.78 is 6.74. The second-order valence-electron chi connectivity index (χ2n) is 11.7. The fourth-order valence-electron chi connectivity index (χ4n) is 6.97.